The molecule has 2 amide bonds. The van der Waals surface area contributed by atoms with E-state index in [2.05, 4.69) is 5.32 Å². The molecule has 1 aromatic carbocycles. The minimum Gasteiger partial charge on any atom is -0.497 e. The third-order valence-electron chi connectivity index (χ3n) is 4.56. The van der Waals surface area contributed by atoms with Crippen molar-refractivity contribution in [1.29, 1.82) is 0 Å². The van der Waals surface area contributed by atoms with Gasteiger partial charge in [-0.2, -0.15) is 0 Å². The Kier molecular flexibility index (Phi) is 6.45. The van der Waals surface area contributed by atoms with Crippen LogP contribution in [0.15, 0.2) is 24.3 Å². The maximum Gasteiger partial charge on any atom is 0.228 e. The number of nitrogens with one attached hydrogen (secondary N) is 1. The first-order valence-corrected chi connectivity index (χ1v) is 8.07. The molecule has 0 aromatic heterocycles. The molecule has 0 bridgehead atoms. The van der Waals surface area contributed by atoms with Crippen LogP contribution in [-0.2, 0) is 16.0 Å². The topological polar surface area (TPSA) is 61.9 Å². The van der Waals surface area contributed by atoms with Gasteiger partial charge >= 0.3 is 0 Å². The highest BCUT2D eigenvalue weighted by molar-refractivity contribution is 5.85. The predicted molar refractivity (Wildman–Crippen MR) is 93.5 cm³/mol. The Morgan fingerprint density at radius 3 is 2.42 bits per heavy atom. The van der Waals surface area contributed by atoms with Crippen LogP contribution in [0.3, 0.4) is 0 Å². The van der Waals surface area contributed by atoms with Gasteiger partial charge in [0.05, 0.1) is 19.4 Å². The van der Waals surface area contributed by atoms with Gasteiger partial charge in [-0.1, -0.05) is 12.1 Å². The molecule has 7 heteroatoms. The molecule has 3 rings (SSSR count). The van der Waals surface area contributed by atoms with E-state index in [9.17, 15) is 9.59 Å². The maximum atomic E-state index is 12.4. The molecule has 0 radical (unpaired) electrons. The first-order chi connectivity index (χ1) is 11.2. The number of amides is 2. The molecule has 132 valence electrons. The van der Waals surface area contributed by atoms with Crippen LogP contribution >= 0.6 is 12.4 Å². The zero-order valence-corrected chi connectivity index (χ0v) is 14.7. The average molecular weight is 354 g/mol. The lowest BCUT2D eigenvalue weighted by Gasteiger charge is -2.38. The van der Waals surface area contributed by atoms with Crippen molar-refractivity contribution in [1.82, 2.24) is 15.1 Å². The van der Waals surface area contributed by atoms with E-state index in [0.29, 0.717) is 32.6 Å². The molecule has 1 aromatic rings. The van der Waals surface area contributed by atoms with Crippen molar-refractivity contribution in [3.8, 4) is 5.75 Å². The number of hydrogen-bond donors (Lipinski definition) is 1. The Bertz CT molecular complexity index is 584. The lowest BCUT2D eigenvalue weighted by molar-refractivity contribution is -0.143. The second-order valence-electron chi connectivity index (χ2n) is 6.09. The number of nitrogens with zero attached hydrogens (tertiary/aromatic N) is 2. The summed E-state index contributed by atoms with van der Waals surface area (Å²) in [5.41, 5.74) is 0.952. The van der Waals surface area contributed by atoms with Crippen molar-refractivity contribution in [2.45, 2.75) is 6.42 Å². The summed E-state index contributed by atoms with van der Waals surface area (Å²) in [5, 5.41) is 3.12. The molecular formula is C17H24ClN3O3. The van der Waals surface area contributed by atoms with Crippen molar-refractivity contribution in [2.75, 3.05) is 46.4 Å². The summed E-state index contributed by atoms with van der Waals surface area (Å²) in [5.74, 6) is 1.23. The largest absolute Gasteiger partial charge is 0.497 e. The zero-order valence-electron chi connectivity index (χ0n) is 13.9. The smallest absolute Gasteiger partial charge is 0.228 e. The molecule has 0 unspecified atom stereocenters. The van der Waals surface area contributed by atoms with Crippen molar-refractivity contribution < 1.29 is 14.3 Å². The third kappa shape index (κ3) is 4.19. The van der Waals surface area contributed by atoms with Gasteiger partial charge in [-0.05, 0) is 17.7 Å². The monoisotopic (exact) mass is 353 g/mol. The van der Waals surface area contributed by atoms with Gasteiger partial charge in [0.15, 0.2) is 0 Å². The first-order valence-electron chi connectivity index (χ1n) is 8.07. The van der Waals surface area contributed by atoms with E-state index in [4.69, 9.17) is 4.74 Å². The van der Waals surface area contributed by atoms with E-state index in [-0.39, 0.29) is 30.1 Å². The highest BCUT2D eigenvalue weighted by Gasteiger charge is 2.31. The fraction of sp³-hybridized carbons (Fsp3) is 0.529. The Labute approximate surface area is 148 Å². The van der Waals surface area contributed by atoms with E-state index in [1.165, 1.54) is 0 Å². The Balaban J connectivity index is 0.00000208. The van der Waals surface area contributed by atoms with E-state index in [1.807, 2.05) is 34.1 Å². The van der Waals surface area contributed by atoms with E-state index >= 15 is 0 Å². The maximum absolute atomic E-state index is 12.4. The normalized spacial score (nSPS) is 17.7. The molecule has 24 heavy (non-hydrogen) atoms. The number of methoxy groups -OCH3 is 1. The Morgan fingerprint density at radius 1 is 1.17 bits per heavy atom. The SMILES string of the molecule is COc1cccc(CC(=O)N2CCN(C(=O)C3CNC3)CC2)c1.Cl. The average Bonchev–Trinajstić information content (AvgIpc) is 2.53. The molecule has 0 spiro atoms. The number of rotatable bonds is 4. The van der Waals surface area contributed by atoms with Gasteiger partial charge < -0.3 is 19.9 Å². The number of halogens is 1. The summed E-state index contributed by atoms with van der Waals surface area (Å²) in [6, 6.07) is 7.59. The summed E-state index contributed by atoms with van der Waals surface area (Å²) >= 11 is 0. The van der Waals surface area contributed by atoms with Crippen LogP contribution in [0.5, 0.6) is 5.75 Å². The molecule has 1 N–H and O–H groups in total. The van der Waals surface area contributed by atoms with E-state index in [0.717, 1.165) is 24.4 Å². The van der Waals surface area contributed by atoms with Gasteiger partial charge in [-0.15, -0.1) is 12.4 Å². The minimum absolute atomic E-state index is 0. The summed E-state index contributed by atoms with van der Waals surface area (Å²) in [6.07, 6.45) is 0.373. The van der Waals surface area contributed by atoms with Gasteiger partial charge in [-0.3, -0.25) is 9.59 Å². The molecule has 2 saturated heterocycles. The number of ether oxygens (including phenoxy) is 1. The van der Waals surface area contributed by atoms with Gasteiger partial charge in [0, 0.05) is 39.3 Å². The van der Waals surface area contributed by atoms with Crippen molar-refractivity contribution >= 4 is 24.2 Å². The molecule has 2 fully saturated rings. The van der Waals surface area contributed by atoms with Gasteiger partial charge in [0.1, 0.15) is 5.75 Å². The molecular weight excluding hydrogens is 330 g/mol. The van der Waals surface area contributed by atoms with Crippen LogP contribution in [0, 0.1) is 5.92 Å². The molecule has 2 aliphatic rings. The van der Waals surface area contributed by atoms with Crippen LogP contribution < -0.4 is 10.1 Å². The Morgan fingerprint density at radius 2 is 1.83 bits per heavy atom. The fourth-order valence-corrected chi connectivity index (χ4v) is 2.97. The summed E-state index contributed by atoms with van der Waals surface area (Å²) in [6.45, 7) is 4.09. The first kappa shape index (κ1) is 18.5. The predicted octanol–water partition coefficient (Wildman–Crippen LogP) is 0.550. The molecule has 0 aliphatic carbocycles. The minimum atomic E-state index is 0. The molecule has 2 heterocycles. The molecule has 0 saturated carbocycles. The summed E-state index contributed by atoms with van der Waals surface area (Å²) in [7, 11) is 1.62. The quantitative estimate of drug-likeness (QED) is 0.858. The van der Waals surface area contributed by atoms with Crippen LogP contribution in [0.2, 0.25) is 0 Å². The Hall–Kier alpha value is -1.79. The number of benzene rings is 1. The van der Waals surface area contributed by atoms with Gasteiger partial charge in [0.25, 0.3) is 0 Å². The van der Waals surface area contributed by atoms with Gasteiger partial charge in [0.2, 0.25) is 11.8 Å². The second kappa shape index (κ2) is 8.35. The number of piperazine rings is 1. The number of hydrogen-bond acceptors (Lipinski definition) is 4. The van der Waals surface area contributed by atoms with E-state index < -0.39 is 0 Å². The standard InChI is InChI=1S/C17H23N3O3.ClH/c1-23-15-4-2-3-13(9-15)10-16(21)19-5-7-20(8-6-19)17(22)14-11-18-12-14;/h2-4,9,14,18H,5-8,10-12H2,1H3;1H. The van der Waals surface area contributed by atoms with Crippen molar-refractivity contribution in [3.63, 3.8) is 0 Å². The van der Waals surface area contributed by atoms with Crippen LogP contribution in [-0.4, -0.2) is 68.0 Å². The van der Waals surface area contributed by atoms with Crippen LogP contribution in [0.1, 0.15) is 5.56 Å². The molecule has 0 atom stereocenters. The zero-order chi connectivity index (χ0) is 16.2. The molecule has 2 aliphatic heterocycles. The molecule has 6 nitrogen and oxygen atoms in total. The second-order valence-corrected chi connectivity index (χ2v) is 6.09. The fourth-order valence-electron chi connectivity index (χ4n) is 2.97. The lowest BCUT2D eigenvalue weighted by Crippen LogP contribution is -2.57. The van der Waals surface area contributed by atoms with Crippen LogP contribution in [0.25, 0.3) is 0 Å². The number of carbonyl (C=O) groups is 2. The summed E-state index contributed by atoms with van der Waals surface area (Å²) in [4.78, 5) is 28.3. The highest BCUT2D eigenvalue weighted by atomic mass is 35.5. The lowest BCUT2D eigenvalue weighted by atomic mass is 10.0. The highest BCUT2D eigenvalue weighted by Crippen LogP contribution is 2.15. The van der Waals surface area contributed by atoms with Crippen molar-refractivity contribution in [3.05, 3.63) is 29.8 Å². The van der Waals surface area contributed by atoms with Crippen molar-refractivity contribution in [2.24, 2.45) is 5.92 Å². The van der Waals surface area contributed by atoms with Crippen LogP contribution in [0.4, 0.5) is 0 Å². The summed E-state index contributed by atoms with van der Waals surface area (Å²) < 4.78 is 5.19. The third-order valence-corrected chi connectivity index (χ3v) is 4.56. The number of carbonyl (C=O) groups excluding carboxylic acids is 2. The van der Waals surface area contributed by atoms with E-state index in [1.54, 1.807) is 7.11 Å². The van der Waals surface area contributed by atoms with Gasteiger partial charge in [-0.25, -0.2) is 0 Å².